The van der Waals surface area contributed by atoms with Gasteiger partial charge in [0, 0.05) is 24.8 Å². The van der Waals surface area contributed by atoms with E-state index in [4.69, 9.17) is 0 Å². The summed E-state index contributed by atoms with van der Waals surface area (Å²) in [6.07, 6.45) is 4.69. The molecule has 0 radical (unpaired) electrons. The minimum absolute atomic E-state index is 0.121. The van der Waals surface area contributed by atoms with Gasteiger partial charge in [0.15, 0.2) is 0 Å². The summed E-state index contributed by atoms with van der Waals surface area (Å²) in [4.78, 5) is 12.2. The van der Waals surface area contributed by atoms with Crippen molar-refractivity contribution >= 4 is 11.7 Å². The van der Waals surface area contributed by atoms with Gasteiger partial charge in [0.1, 0.15) is 5.69 Å². The van der Waals surface area contributed by atoms with E-state index in [-0.39, 0.29) is 18.2 Å². The van der Waals surface area contributed by atoms with Crippen LogP contribution in [0.2, 0.25) is 0 Å². The lowest BCUT2D eigenvalue weighted by atomic mass is 9.93. The normalized spacial score (nSPS) is 21.0. The molecule has 0 saturated heterocycles. The number of carbonyl (C=O) groups is 1. The molecule has 1 fully saturated rings. The highest BCUT2D eigenvalue weighted by Gasteiger charge is 2.21. The molecule has 0 atom stereocenters. The van der Waals surface area contributed by atoms with Gasteiger partial charge in [-0.1, -0.05) is 30.3 Å². The number of benzene rings is 1. The highest BCUT2D eigenvalue weighted by molar-refractivity contribution is 5.93. The maximum Gasteiger partial charge on any atom is 0.319 e. The summed E-state index contributed by atoms with van der Waals surface area (Å²) in [6.45, 7) is 0. The van der Waals surface area contributed by atoms with Crippen molar-refractivity contribution in [2.45, 2.75) is 37.8 Å². The van der Waals surface area contributed by atoms with E-state index in [1.165, 1.54) is 0 Å². The largest absolute Gasteiger partial charge is 0.393 e. The van der Waals surface area contributed by atoms with Crippen LogP contribution in [0.1, 0.15) is 25.7 Å². The fourth-order valence-corrected chi connectivity index (χ4v) is 2.95. The molecule has 0 aliphatic heterocycles. The summed E-state index contributed by atoms with van der Waals surface area (Å²) >= 11 is 0. The zero-order valence-corrected chi connectivity index (χ0v) is 13.2. The van der Waals surface area contributed by atoms with Crippen molar-refractivity contribution in [3.05, 3.63) is 36.5 Å². The summed E-state index contributed by atoms with van der Waals surface area (Å²) in [5.41, 5.74) is 2.40. The Labute approximate surface area is 135 Å². The van der Waals surface area contributed by atoms with Crippen molar-refractivity contribution < 1.29 is 9.90 Å². The molecule has 23 heavy (non-hydrogen) atoms. The topological polar surface area (TPSA) is 79.2 Å². The van der Waals surface area contributed by atoms with Gasteiger partial charge in [-0.3, -0.25) is 4.68 Å². The molecule has 0 bridgehead atoms. The molecule has 1 aliphatic carbocycles. The summed E-state index contributed by atoms with van der Waals surface area (Å²) in [5.74, 6) is 0. The fourth-order valence-electron chi connectivity index (χ4n) is 2.95. The van der Waals surface area contributed by atoms with Gasteiger partial charge >= 0.3 is 6.03 Å². The van der Waals surface area contributed by atoms with E-state index in [0.717, 1.165) is 36.9 Å². The van der Waals surface area contributed by atoms with E-state index in [1.54, 1.807) is 10.9 Å². The number of aliphatic hydroxyl groups is 1. The SMILES string of the molecule is Cn1cc(NC(=O)NC2CCC(O)CC2)c(-c2ccccc2)n1. The van der Waals surface area contributed by atoms with Crippen LogP contribution in [0.3, 0.4) is 0 Å². The number of carbonyl (C=O) groups excluding carboxylic acids is 1. The standard InChI is InChI=1S/C17H22N4O2/c1-21-11-15(16(20-21)12-5-3-2-4-6-12)19-17(23)18-13-7-9-14(22)10-8-13/h2-6,11,13-14,22H,7-10H2,1H3,(H2,18,19,23). The Hall–Kier alpha value is -2.34. The molecule has 1 aromatic carbocycles. The Morgan fingerprint density at radius 3 is 2.61 bits per heavy atom. The zero-order chi connectivity index (χ0) is 16.2. The zero-order valence-electron chi connectivity index (χ0n) is 13.2. The van der Waals surface area contributed by atoms with Crippen molar-refractivity contribution in [1.29, 1.82) is 0 Å². The quantitative estimate of drug-likeness (QED) is 0.814. The number of hydrogen-bond donors (Lipinski definition) is 3. The molecule has 1 aromatic heterocycles. The van der Waals surface area contributed by atoms with Crippen LogP contribution in [0.4, 0.5) is 10.5 Å². The van der Waals surface area contributed by atoms with Gasteiger partial charge in [-0.05, 0) is 25.7 Å². The van der Waals surface area contributed by atoms with E-state index >= 15 is 0 Å². The number of nitrogens with zero attached hydrogens (tertiary/aromatic N) is 2. The molecule has 1 aliphatic rings. The Balaban J connectivity index is 1.67. The number of rotatable bonds is 3. The third-order valence-corrected chi connectivity index (χ3v) is 4.16. The molecule has 122 valence electrons. The minimum Gasteiger partial charge on any atom is -0.393 e. The van der Waals surface area contributed by atoms with Crippen molar-refractivity contribution in [1.82, 2.24) is 15.1 Å². The fraction of sp³-hybridized carbons (Fsp3) is 0.412. The number of anilines is 1. The Morgan fingerprint density at radius 1 is 1.22 bits per heavy atom. The molecule has 2 amide bonds. The van der Waals surface area contributed by atoms with Crippen molar-refractivity contribution in [3.63, 3.8) is 0 Å². The van der Waals surface area contributed by atoms with Crippen LogP contribution in [-0.2, 0) is 7.05 Å². The van der Waals surface area contributed by atoms with Crippen LogP contribution in [0.5, 0.6) is 0 Å². The van der Waals surface area contributed by atoms with Crippen LogP contribution in [0.15, 0.2) is 36.5 Å². The lowest BCUT2D eigenvalue weighted by Gasteiger charge is -2.26. The van der Waals surface area contributed by atoms with Gasteiger partial charge in [0.25, 0.3) is 0 Å². The van der Waals surface area contributed by atoms with Gasteiger partial charge in [0.2, 0.25) is 0 Å². The first-order chi connectivity index (χ1) is 11.1. The predicted octanol–water partition coefficient (Wildman–Crippen LogP) is 2.51. The maximum absolute atomic E-state index is 12.2. The third kappa shape index (κ3) is 3.90. The second-order valence-electron chi connectivity index (χ2n) is 6.03. The van der Waals surface area contributed by atoms with Crippen LogP contribution in [-0.4, -0.2) is 33.1 Å². The first-order valence-electron chi connectivity index (χ1n) is 7.96. The predicted molar refractivity (Wildman–Crippen MR) is 89.1 cm³/mol. The number of aliphatic hydroxyl groups excluding tert-OH is 1. The molecule has 6 heteroatoms. The molecule has 1 saturated carbocycles. The first-order valence-corrected chi connectivity index (χ1v) is 7.96. The molecule has 0 spiro atoms. The summed E-state index contributed by atoms with van der Waals surface area (Å²) < 4.78 is 1.69. The van der Waals surface area contributed by atoms with Gasteiger partial charge in [0.05, 0.1) is 11.8 Å². The number of hydrogen-bond acceptors (Lipinski definition) is 3. The van der Waals surface area contributed by atoms with E-state index in [0.29, 0.717) is 5.69 Å². The van der Waals surface area contributed by atoms with Crippen molar-refractivity contribution in [2.75, 3.05) is 5.32 Å². The highest BCUT2D eigenvalue weighted by atomic mass is 16.3. The lowest BCUT2D eigenvalue weighted by molar-refractivity contribution is 0.118. The van der Waals surface area contributed by atoms with Crippen LogP contribution in [0.25, 0.3) is 11.3 Å². The van der Waals surface area contributed by atoms with Crippen molar-refractivity contribution in [3.8, 4) is 11.3 Å². The van der Waals surface area contributed by atoms with Crippen LogP contribution >= 0.6 is 0 Å². The monoisotopic (exact) mass is 314 g/mol. The highest BCUT2D eigenvalue weighted by Crippen LogP contribution is 2.26. The molecule has 2 aromatic rings. The third-order valence-electron chi connectivity index (χ3n) is 4.16. The van der Waals surface area contributed by atoms with Crippen molar-refractivity contribution in [2.24, 2.45) is 7.05 Å². The number of aryl methyl sites for hydroxylation is 1. The summed E-state index contributed by atoms with van der Waals surface area (Å²) in [5, 5.41) is 19.8. The summed E-state index contributed by atoms with van der Waals surface area (Å²) in [6, 6.07) is 9.67. The summed E-state index contributed by atoms with van der Waals surface area (Å²) in [7, 11) is 1.83. The average Bonchev–Trinajstić information content (AvgIpc) is 2.91. The number of amides is 2. The number of nitrogens with one attached hydrogen (secondary N) is 2. The van der Waals surface area contributed by atoms with Gasteiger partial charge in [-0.2, -0.15) is 5.10 Å². The van der Waals surface area contributed by atoms with E-state index in [2.05, 4.69) is 15.7 Å². The second-order valence-corrected chi connectivity index (χ2v) is 6.03. The molecule has 6 nitrogen and oxygen atoms in total. The second kappa shape index (κ2) is 6.83. The molecule has 1 heterocycles. The molecular weight excluding hydrogens is 292 g/mol. The lowest BCUT2D eigenvalue weighted by Crippen LogP contribution is -2.40. The van der Waals surface area contributed by atoms with E-state index in [9.17, 15) is 9.90 Å². The van der Waals surface area contributed by atoms with E-state index in [1.807, 2.05) is 37.4 Å². The first kappa shape index (κ1) is 15.6. The maximum atomic E-state index is 12.2. The van der Waals surface area contributed by atoms with Gasteiger partial charge in [-0.15, -0.1) is 0 Å². The molecule has 3 N–H and O–H groups in total. The van der Waals surface area contributed by atoms with Crippen LogP contribution in [0, 0.1) is 0 Å². The van der Waals surface area contributed by atoms with E-state index < -0.39 is 0 Å². The Morgan fingerprint density at radius 2 is 1.91 bits per heavy atom. The average molecular weight is 314 g/mol. The Bertz CT molecular complexity index is 660. The Kier molecular flexibility index (Phi) is 4.62. The minimum atomic E-state index is -0.225. The molecule has 0 unspecified atom stereocenters. The van der Waals surface area contributed by atoms with Crippen LogP contribution < -0.4 is 10.6 Å². The van der Waals surface area contributed by atoms with Gasteiger partial charge in [-0.25, -0.2) is 4.79 Å². The number of aromatic nitrogens is 2. The molecular formula is C17H22N4O2. The number of urea groups is 1. The molecule has 3 rings (SSSR count). The van der Waals surface area contributed by atoms with Gasteiger partial charge < -0.3 is 15.7 Å². The smallest absolute Gasteiger partial charge is 0.319 e.